The van der Waals surface area contributed by atoms with Gasteiger partial charge in [0.15, 0.2) is 5.69 Å². The average Bonchev–Trinajstić information content (AvgIpc) is 3.49. The van der Waals surface area contributed by atoms with Gasteiger partial charge in [-0.3, -0.25) is 14.2 Å². The van der Waals surface area contributed by atoms with Gasteiger partial charge in [0, 0.05) is 62.4 Å². The van der Waals surface area contributed by atoms with Crippen LogP contribution in [0.2, 0.25) is 0 Å². The summed E-state index contributed by atoms with van der Waals surface area (Å²) in [6.07, 6.45) is 5.27. The molecule has 0 saturated carbocycles. The van der Waals surface area contributed by atoms with Crippen molar-refractivity contribution < 1.29 is 13.2 Å². The maximum absolute atomic E-state index is 13.8. The number of nitrogens with zero attached hydrogens (tertiary/aromatic N) is 6. The number of carbonyl (C=O) groups is 1. The maximum Gasteiger partial charge on any atom is 0.285 e. The summed E-state index contributed by atoms with van der Waals surface area (Å²) < 4.78 is 27.2. The zero-order valence-corrected chi connectivity index (χ0v) is 26.7. The molecule has 6 rings (SSSR count). The van der Waals surface area contributed by atoms with E-state index in [-0.39, 0.29) is 11.3 Å². The third-order valence-corrected chi connectivity index (χ3v) is 9.20. The predicted molar refractivity (Wildman–Crippen MR) is 170 cm³/mol. The molecule has 2 fully saturated rings. The van der Waals surface area contributed by atoms with Crippen LogP contribution in [0.25, 0.3) is 10.9 Å². The van der Waals surface area contributed by atoms with Crippen LogP contribution < -0.4 is 25.9 Å². The Labute approximate surface area is 257 Å². The zero-order valence-electron chi connectivity index (χ0n) is 25.9. The summed E-state index contributed by atoms with van der Waals surface area (Å²) in [6.45, 7) is 7.94. The number of amides is 1. The SMILES string of the molecule is Cc1cc([C@@H](C)Nc2ccc(C)nc2C(=O)NS(C)(=O)=O)c2nc(N3CC4CC[C@H](C3)N4C3=CN(C)NC3)n(C)c(=O)c2c1. The Kier molecular flexibility index (Phi) is 7.52. The highest BCUT2D eigenvalue weighted by molar-refractivity contribution is 7.89. The number of sulfonamides is 1. The van der Waals surface area contributed by atoms with Crippen LogP contribution in [-0.4, -0.2) is 83.8 Å². The predicted octanol–water partition coefficient (Wildman–Crippen LogP) is 1.75. The van der Waals surface area contributed by atoms with Crippen LogP contribution in [0.4, 0.5) is 11.6 Å². The number of aryl methyl sites for hydroxylation is 2. The number of hydrogen-bond acceptors (Lipinski definition) is 11. The average molecular weight is 622 g/mol. The topological polar surface area (TPSA) is 145 Å². The molecule has 1 aromatic carbocycles. The second kappa shape index (κ2) is 11.1. The Morgan fingerprint density at radius 2 is 1.80 bits per heavy atom. The molecule has 2 aromatic heterocycles. The summed E-state index contributed by atoms with van der Waals surface area (Å²) in [4.78, 5) is 40.9. The first-order chi connectivity index (χ1) is 20.8. The third-order valence-electron chi connectivity index (χ3n) is 8.65. The summed E-state index contributed by atoms with van der Waals surface area (Å²) >= 11 is 0. The largest absolute Gasteiger partial charge is 0.377 e. The van der Waals surface area contributed by atoms with Crippen LogP contribution in [0, 0.1) is 13.8 Å². The van der Waals surface area contributed by atoms with Gasteiger partial charge in [-0.2, -0.15) is 0 Å². The molecular formula is C30H39N9O4S. The summed E-state index contributed by atoms with van der Waals surface area (Å²) in [7, 11) is 0.00712. The molecule has 3 atom stereocenters. The van der Waals surface area contributed by atoms with E-state index in [1.807, 2.05) is 42.8 Å². The number of rotatable bonds is 7. The summed E-state index contributed by atoms with van der Waals surface area (Å²) in [5, 5.41) is 5.85. The van der Waals surface area contributed by atoms with Gasteiger partial charge in [0.1, 0.15) is 0 Å². The first-order valence-electron chi connectivity index (χ1n) is 14.8. The molecule has 3 aromatic rings. The highest BCUT2D eigenvalue weighted by Crippen LogP contribution is 2.36. The van der Waals surface area contributed by atoms with Crippen molar-refractivity contribution in [2.45, 2.75) is 51.7 Å². The molecule has 3 N–H and O–H groups in total. The minimum atomic E-state index is -3.79. The molecule has 0 radical (unpaired) electrons. The van der Waals surface area contributed by atoms with Crippen molar-refractivity contribution in [1.29, 1.82) is 0 Å². The Hall–Kier alpha value is -4.17. The number of aromatic nitrogens is 3. The molecule has 0 aliphatic carbocycles. The van der Waals surface area contributed by atoms with Crippen LogP contribution in [0.3, 0.4) is 0 Å². The fourth-order valence-electron chi connectivity index (χ4n) is 6.74. The quantitative estimate of drug-likeness (QED) is 0.355. The lowest BCUT2D eigenvalue weighted by atomic mass is 10.0. The first-order valence-corrected chi connectivity index (χ1v) is 16.7. The van der Waals surface area contributed by atoms with Gasteiger partial charge >= 0.3 is 0 Å². The minimum absolute atomic E-state index is 0.0316. The van der Waals surface area contributed by atoms with E-state index in [9.17, 15) is 18.0 Å². The molecule has 3 aliphatic heterocycles. The Balaban J connectivity index is 1.35. The van der Waals surface area contributed by atoms with Crippen molar-refractivity contribution in [2.75, 3.05) is 43.2 Å². The maximum atomic E-state index is 13.8. The molecule has 2 bridgehead atoms. The molecule has 0 spiro atoms. The third kappa shape index (κ3) is 5.59. The van der Waals surface area contributed by atoms with E-state index in [0.29, 0.717) is 40.3 Å². The summed E-state index contributed by atoms with van der Waals surface area (Å²) in [5.41, 5.74) is 7.72. The lowest BCUT2D eigenvalue weighted by Gasteiger charge is -2.43. The first kappa shape index (κ1) is 29.9. The number of fused-ring (bicyclic) bond motifs is 3. The zero-order chi connectivity index (χ0) is 31.5. The monoisotopic (exact) mass is 621 g/mol. The van der Waals surface area contributed by atoms with Crippen molar-refractivity contribution >= 4 is 38.5 Å². The van der Waals surface area contributed by atoms with Gasteiger partial charge in [-0.15, -0.1) is 0 Å². The van der Waals surface area contributed by atoms with E-state index in [0.717, 1.165) is 49.9 Å². The van der Waals surface area contributed by atoms with Gasteiger partial charge < -0.3 is 20.1 Å². The summed E-state index contributed by atoms with van der Waals surface area (Å²) in [6, 6.07) is 7.58. The van der Waals surface area contributed by atoms with E-state index >= 15 is 0 Å². The van der Waals surface area contributed by atoms with Crippen LogP contribution >= 0.6 is 0 Å². The minimum Gasteiger partial charge on any atom is -0.377 e. The number of benzene rings is 1. The molecule has 234 valence electrons. The smallest absolute Gasteiger partial charge is 0.285 e. The van der Waals surface area contributed by atoms with Crippen LogP contribution in [0.15, 0.2) is 41.0 Å². The number of hydrogen-bond donors (Lipinski definition) is 3. The van der Waals surface area contributed by atoms with Crippen LogP contribution in [0.1, 0.15) is 53.1 Å². The van der Waals surface area contributed by atoms with Gasteiger partial charge in [-0.1, -0.05) is 6.07 Å². The lowest BCUT2D eigenvalue weighted by molar-refractivity contribution is 0.0977. The second-order valence-corrected chi connectivity index (χ2v) is 14.0. The number of pyridine rings is 1. The van der Waals surface area contributed by atoms with E-state index in [1.54, 1.807) is 30.7 Å². The van der Waals surface area contributed by atoms with Crippen LogP contribution in [-0.2, 0) is 17.1 Å². The van der Waals surface area contributed by atoms with Gasteiger partial charge in [-0.05, 0) is 57.4 Å². The highest BCUT2D eigenvalue weighted by Gasteiger charge is 2.42. The fourth-order valence-corrected chi connectivity index (χ4v) is 7.18. The molecule has 5 heterocycles. The number of piperazine rings is 1. The van der Waals surface area contributed by atoms with E-state index in [1.165, 1.54) is 5.70 Å². The van der Waals surface area contributed by atoms with Gasteiger partial charge in [0.05, 0.1) is 35.4 Å². The molecule has 14 heteroatoms. The molecule has 1 amide bonds. The fraction of sp³-hybridized carbons (Fsp3) is 0.467. The standard InChI is InChI=1S/C30H39N9O4S/c1-17-11-23(19(3)33-25-10-7-18(2)32-27(25)28(40)35-44(6,42)43)26-24(12-17)29(41)37(5)30(34-26)38-15-20-8-9-21(16-38)39(20)22-13-31-36(4)14-22/h7,10-12,14,19-21,31,33H,8-9,13,15-16H2,1-6H3,(H,35,40)/t19-,20-,21?/m1/s1. The van der Waals surface area contributed by atoms with Crippen molar-refractivity contribution in [2.24, 2.45) is 7.05 Å². The molecule has 3 aliphatic rings. The lowest BCUT2D eigenvalue weighted by Crippen LogP contribution is -2.54. The van der Waals surface area contributed by atoms with Crippen molar-refractivity contribution in [3.8, 4) is 0 Å². The number of hydrazine groups is 1. The Morgan fingerprint density at radius 1 is 1.09 bits per heavy atom. The molecule has 44 heavy (non-hydrogen) atoms. The summed E-state index contributed by atoms with van der Waals surface area (Å²) in [5.74, 6) is -0.184. The molecule has 1 unspecified atom stereocenters. The van der Waals surface area contributed by atoms with Gasteiger partial charge in [0.25, 0.3) is 11.5 Å². The molecule has 13 nitrogen and oxygen atoms in total. The van der Waals surface area contributed by atoms with Gasteiger partial charge in [-0.25, -0.2) is 28.5 Å². The Bertz CT molecular complexity index is 1840. The molecule has 2 saturated heterocycles. The normalized spacial score (nSPS) is 20.7. The van der Waals surface area contributed by atoms with Gasteiger partial charge in [0.2, 0.25) is 16.0 Å². The Morgan fingerprint density at radius 3 is 2.43 bits per heavy atom. The van der Waals surface area contributed by atoms with E-state index in [4.69, 9.17) is 4.98 Å². The van der Waals surface area contributed by atoms with E-state index in [2.05, 4.69) is 31.7 Å². The van der Waals surface area contributed by atoms with Crippen molar-refractivity contribution in [3.63, 3.8) is 0 Å². The van der Waals surface area contributed by atoms with Crippen LogP contribution in [0.5, 0.6) is 0 Å². The second-order valence-electron chi connectivity index (χ2n) is 12.2. The van der Waals surface area contributed by atoms with Crippen molar-refractivity contribution in [1.82, 2.24) is 34.6 Å². The number of carbonyl (C=O) groups excluding carboxylic acids is 1. The number of nitrogens with one attached hydrogen (secondary N) is 3. The van der Waals surface area contributed by atoms with E-state index < -0.39 is 22.0 Å². The highest BCUT2D eigenvalue weighted by atomic mass is 32.2. The number of anilines is 2. The molecular weight excluding hydrogens is 582 g/mol. The van der Waals surface area contributed by atoms with Crippen molar-refractivity contribution in [3.05, 3.63) is 69.0 Å².